The summed E-state index contributed by atoms with van der Waals surface area (Å²) in [5.41, 5.74) is 2.91. The van der Waals surface area contributed by atoms with E-state index in [1.54, 1.807) is 7.11 Å². The van der Waals surface area contributed by atoms with Gasteiger partial charge in [-0.05, 0) is 60.8 Å². The van der Waals surface area contributed by atoms with Crippen LogP contribution >= 0.6 is 0 Å². The number of methoxy groups -OCH3 is 1. The summed E-state index contributed by atoms with van der Waals surface area (Å²) in [7, 11) is 1.72. The van der Waals surface area contributed by atoms with E-state index >= 15 is 0 Å². The minimum absolute atomic E-state index is 0.289. The Labute approximate surface area is 104 Å². The molecule has 1 aliphatic carbocycles. The number of ether oxygens (including phenoxy) is 1. The molecule has 2 heteroatoms. The van der Waals surface area contributed by atoms with Crippen LogP contribution < -0.4 is 4.74 Å². The summed E-state index contributed by atoms with van der Waals surface area (Å²) < 4.78 is 5.32. The SMILES string of the molecule is COc1ccc2c(c1)C(C(C)CCO)CCC2. The van der Waals surface area contributed by atoms with Crippen LogP contribution in [0.5, 0.6) is 5.75 Å². The van der Waals surface area contributed by atoms with E-state index in [-0.39, 0.29) is 6.61 Å². The van der Waals surface area contributed by atoms with E-state index in [1.807, 2.05) is 0 Å². The van der Waals surface area contributed by atoms with Crippen LogP contribution in [0.2, 0.25) is 0 Å². The maximum absolute atomic E-state index is 9.09. The first-order chi connectivity index (χ1) is 8.26. The van der Waals surface area contributed by atoms with Gasteiger partial charge in [-0.1, -0.05) is 13.0 Å². The molecule has 2 nitrogen and oxygen atoms in total. The van der Waals surface area contributed by atoms with Gasteiger partial charge in [-0.25, -0.2) is 0 Å². The van der Waals surface area contributed by atoms with E-state index in [2.05, 4.69) is 25.1 Å². The second-order valence-corrected chi connectivity index (χ2v) is 5.05. The molecular weight excluding hydrogens is 212 g/mol. The Hall–Kier alpha value is -1.02. The van der Waals surface area contributed by atoms with Crippen LogP contribution in [0.4, 0.5) is 0 Å². The average Bonchev–Trinajstić information content (AvgIpc) is 2.37. The lowest BCUT2D eigenvalue weighted by atomic mass is 9.75. The van der Waals surface area contributed by atoms with Gasteiger partial charge in [0.1, 0.15) is 5.75 Å². The molecule has 1 N–H and O–H groups in total. The maximum atomic E-state index is 9.09. The van der Waals surface area contributed by atoms with Gasteiger partial charge in [-0.3, -0.25) is 0 Å². The largest absolute Gasteiger partial charge is 0.497 e. The molecule has 0 saturated carbocycles. The monoisotopic (exact) mass is 234 g/mol. The second kappa shape index (κ2) is 5.54. The van der Waals surface area contributed by atoms with E-state index in [0.717, 1.165) is 12.2 Å². The summed E-state index contributed by atoms with van der Waals surface area (Å²) in [6.07, 6.45) is 4.57. The Kier molecular flexibility index (Phi) is 4.06. The highest BCUT2D eigenvalue weighted by molar-refractivity contribution is 5.39. The highest BCUT2D eigenvalue weighted by atomic mass is 16.5. The van der Waals surface area contributed by atoms with E-state index in [1.165, 1.54) is 30.4 Å². The van der Waals surface area contributed by atoms with Crippen molar-refractivity contribution < 1.29 is 9.84 Å². The fraction of sp³-hybridized carbons (Fsp3) is 0.600. The van der Waals surface area contributed by atoms with Crippen LogP contribution in [0.15, 0.2) is 18.2 Å². The normalized spacial score (nSPS) is 20.8. The highest BCUT2D eigenvalue weighted by Crippen LogP contribution is 2.39. The smallest absolute Gasteiger partial charge is 0.119 e. The van der Waals surface area contributed by atoms with Crippen LogP contribution in [0, 0.1) is 5.92 Å². The molecule has 1 aliphatic rings. The van der Waals surface area contributed by atoms with Crippen LogP contribution in [0.25, 0.3) is 0 Å². The van der Waals surface area contributed by atoms with E-state index in [0.29, 0.717) is 11.8 Å². The minimum Gasteiger partial charge on any atom is -0.497 e. The molecule has 0 spiro atoms. The zero-order valence-corrected chi connectivity index (χ0v) is 10.8. The molecule has 17 heavy (non-hydrogen) atoms. The van der Waals surface area contributed by atoms with Crippen LogP contribution in [-0.2, 0) is 6.42 Å². The summed E-state index contributed by atoms with van der Waals surface area (Å²) in [4.78, 5) is 0. The van der Waals surface area contributed by atoms with Crippen LogP contribution in [-0.4, -0.2) is 18.8 Å². The molecule has 2 unspecified atom stereocenters. The number of aliphatic hydroxyl groups excluding tert-OH is 1. The standard InChI is InChI=1S/C15H22O2/c1-11(8-9-16)14-5-3-4-12-6-7-13(17-2)10-15(12)14/h6-7,10-11,14,16H,3-5,8-9H2,1-2H3. The van der Waals surface area contributed by atoms with Gasteiger partial charge in [-0.15, -0.1) is 0 Å². The lowest BCUT2D eigenvalue weighted by molar-refractivity contribution is 0.243. The van der Waals surface area contributed by atoms with E-state index < -0.39 is 0 Å². The van der Waals surface area contributed by atoms with Gasteiger partial charge < -0.3 is 9.84 Å². The van der Waals surface area contributed by atoms with Gasteiger partial charge in [-0.2, -0.15) is 0 Å². The summed E-state index contributed by atoms with van der Waals surface area (Å²) in [5, 5.41) is 9.09. The lowest BCUT2D eigenvalue weighted by Crippen LogP contribution is -2.17. The van der Waals surface area contributed by atoms with Gasteiger partial charge in [0.2, 0.25) is 0 Å². The molecular formula is C15H22O2. The van der Waals surface area contributed by atoms with Gasteiger partial charge in [0.25, 0.3) is 0 Å². The number of hydrogen-bond donors (Lipinski definition) is 1. The quantitative estimate of drug-likeness (QED) is 0.867. The number of rotatable bonds is 4. The van der Waals surface area contributed by atoms with Crippen LogP contribution in [0.3, 0.4) is 0 Å². The first kappa shape index (κ1) is 12.4. The van der Waals surface area contributed by atoms with Crippen molar-refractivity contribution in [3.05, 3.63) is 29.3 Å². The Morgan fingerprint density at radius 2 is 2.29 bits per heavy atom. The van der Waals surface area contributed by atoms with Gasteiger partial charge in [0.05, 0.1) is 7.11 Å². The van der Waals surface area contributed by atoms with Crippen molar-refractivity contribution in [2.45, 2.75) is 38.5 Å². The van der Waals surface area contributed by atoms with E-state index in [9.17, 15) is 0 Å². The first-order valence-electron chi connectivity index (χ1n) is 6.54. The number of fused-ring (bicyclic) bond motifs is 1. The molecule has 0 saturated heterocycles. The highest BCUT2D eigenvalue weighted by Gasteiger charge is 2.25. The number of hydrogen-bond acceptors (Lipinski definition) is 2. The molecule has 1 aromatic rings. The molecule has 0 heterocycles. The fourth-order valence-corrected chi connectivity index (χ4v) is 2.94. The minimum atomic E-state index is 0.289. The summed E-state index contributed by atoms with van der Waals surface area (Å²) in [6, 6.07) is 6.44. The Balaban J connectivity index is 2.28. The molecule has 2 atom stereocenters. The third kappa shape index (κ3) is 2.63. The third-order valence-electron chi connectivity index (χ3n) is 3.99. The molecule has 2 rings (SSSR count). The topological polar surface area (TPSA) is 29.5 Å². The molecule has 1 aromatic carbocycles. The van der Waals surface area contributed by atoms with Gasteiger partial charge in [0, 0.05) is 6.61 Å². The first-order valence-corrected chi connectivity index (χ1v) is 6.54. The summed E-state index contributed by atoms with van der Waals surface area (Å²) in [5.74, 6) is 2.08. The molecule has 0 bridgehead atoms. The van der Waals surface area contributed by atoms with Gasteiger partial charge >= 0.3 is 0 Å². The predicted molar refractivity (Wildman–Crippen MR) is 69.5 cm³/mol. The number of aliphatic hydroxyl groups is 1. The van der Waals surface area contributed by atoms with E-state index in [4.69, 9.17) is 9.84 Å². The maximum Gasteiger partial charge on any atom is 0.119 e. The van der Waals surface area contributed by atoms with Crippen molar-refractivity contribution in [1.29, 1.82) is 0 Å². The second-order valence-electron chi connectivity index (χ2n) is 5.05. The molecule has 0 aromatic heterocycles. The lowest BCUT2D eigenvalue weighted by Gasteiger charge is -2.30. The average molecular weight is 234 g/mol. The fourth-order valence-electron chi connectivity index (χ4n) is 2.94. The number of aryl methyl sites for hydroxylation is 1. The van der Waals surface area contributed by atoms with Crippen molar-refractivity contribution in [3.8, 4) is 5.75 Å². The van der Waals surface area contributed by atoms with Crippen molar-refractivity contribution in [2.24, 2.45) is 5.92 Å². The zero-order valence-electron chi connectivity index (χ0n) is 10.8. The molecule has 0 aliphatic heterocycles. The molecule has 0 fully saturated rings. The molecule has 94 valence electrons. The Bertz CT molecular complexity index is 373. The van der Waals surface area contributed by atoms with Crippen LogP contribution in [0.1, 0.15) is 43.2 Å². The Morgan fingerprint density at radius 3 is 3.00 bits per heavy atom. The van der Waals surface area contributed by atoms with Crippen molar-refractivity contribution >= 4 is 0 Å². The predicted octanol–water partition coefficient (Wildman–Crippen LogP) is 3.13. The zero-order chi connectivity index (χ0) is 12.3. The molecule has 0 amide bonds. The summed E-state index contributed by atoms with van der Waals surface area (Å²) >= 11 is 0. The number of benzene rings is 1. The van der Waals surface area contributed by atoms with Crippen molar-refractivity contribution in [3.63, 3.8) is 0 Å². The van der Waals surface area contributed by atoms with Crippen molar-refractivity contribution in [2.75, 3.05) is 13.7 Å². The Morgan fingerprint density at radius 1 is 1.47 bits per heavy atom. The third-order valence-corrected chi connectivity index (χ3v) is 3.99. The van der Waals surface area contributed by atoms with Gasteiger partial charge in [0.15, 0.2) is 0 Å². The summed E-state index contributed by atoms with van der Waals surface area (Å²) in [6.45, 7) is 2.53. The van der Waals surface area contributed by atoms with Crippen molar-refractivity contribution in [1.82, 2.24) is 0 Å². The molecule has 0 radical (unpaired) electrons.